The Morgan fingerprint density at radius 3 is 2.79 bits per heavy atom. The molecule has 5 heteroatoms. The summed E-state index contributed by atoms with van der Waals surface area (Å²) >= 11 is 5.91. The van der Waals surface area contributed by atoms with Gasteiger partial charge in [-0.1, -0.05) is 13.8 Å². The summed E-state index contributed by atoms with van der Waals surface area (Å²) in [6.07, 6.45) is 2.95. The lowest BCUT2D eigenvalue weighted by Gasteiger charge is -2.51. The molecule has 2 rings (SSSR count). The fourth-order valence-corrected chi connectivity index (χ4v) is 2.38. The van der Waals surface area contributed by atoms with Crippen LogP contribution < -0.4 is 0 Å². The molecule has 4 nitrogen and oxygen atoms in total. The van der Waals surface area contributed by atoms with Crippen LogP contribution >= 0.6 is 11.6 Å². The van der Waals surface area contributed by atoms with E-state index in [1.54, 1.807) is 13.4 Å². The lowest BCUT2D eigenvalue weighted by Crippen LogP contribution is -2.50. The zero-order valence-electron chi connectivity index (χ0n) is 8.57. The molecule has 0 spiro atoms. The molecule has 0 amide bonds. The summed E-state index contributed by atoms with van der Waals surface area (Å²) in [7, 11) is 1.75. The topological polar surface area (TPSA) is 39.9 Å². The van der Waals surface area contributed by atoms with E-state index in [9.17, 15) is 0 Å². The highest BCUT2D eigenvalue weighted by molar-refractivity contribution is 6.28. The van der Waals surface area contributed by atoms with E-state index in [1.165, 1.54) is 0 Å². The second-order valence-corrected chi connectivity index (χ2v) is 4.64. The van der Waals surface area contributed by atoms with Gasteiger partial charge >= 0.3 is 0 Å². The minimum Gasteiger partial charge on any atom is -0.381 e. The first-order valence-corrected chi connectivity index (χ1v) is 5.03. The molecule has 1 aliphatic carbocycles. The Morgan fingerprint density at radius 1 is 1.64 bits per heavy atom. The molecule has 0 aliphatic heterocycles. The molecule has 0 bridgehead atoms. The van der Waals surface area contributed by atoms with Crippen molar-refractivity contribution >= 4 is 11.6 Å². The number of ether oxygens (including phenoxy) is 1. The van der Waals surface area contributed by atoms with E-state index >= 15 is 0 Å². The molecule has 0 N–H and O–H groups in total. The summed E-state index contributed by atoms with van der Waals surface area (Å²) in [5, 5.41) is 8.01. The van der Waals surface area contributed by atoms with Gasteiger partial charge in [-0.05, 0) is 18.0 Å². The number of hydrogen-bond acceptors (Lipinski definition) is 3. The van der Waals surface area contributed by atoms with Gasteiger partial charge in [-0.15, -0.1) is 10.2 Å². The van der Waals surface area contributed by atoms with Crippen molar-refractivity contribution in [2.45, 2.75) is 32.4 Å². The maximum absolute atomic E-state index is 5.91. The highest BCUT2D eigenvalue weighted by atomic mass is 35.5. The smallest absolute Gasteiger partial charge is 0.225 e. The maximum atomic E-state index is 5.91. The van der Waals surface area contributed by atoms with Gasteiger partial charge in [-0.25, -0.2) is 0 Å². The molecule has 78 valence electrons. The van der Waals surface area contributed by atoms with Crippen LogP contribution in [0.15, 0.2) is 6.33 Å². The summed E-state index contributed by atoms with van der Waals surface area (Å²) in [5.74, 6) is 0. The van der Waals surface area contributed by atoms with Crippen LogP contribution in [-0.4, -0.2) is 28.0 Å². The fourth-order valence-electron chi connectivity index (χ4n) is 2.17. The van der Waals surface area contributed by atoms with Crippen molar-refractivity contribution in [3.63, 3.8) is 0 Å². The highest BCUT2D eigenvalue weighted by Crippen LogP contribution is 2.51. The van der Waals surface area contributed by atoms with Crippen molar-refractivity contribution in [3.8, 4) is 0 Å². The van der Waals surface area contributed by atoms with Crippen LogP contribution in [0.3, 0.4) is 0 Å². The Labute approximate surface area is 88.2 Å². The molecule has 1 aromatic rings. The van der Waals surface area contributed by atoms with Crippen molar-refractivity contribution in [1.82, 2.24) is 14.8 Å². The Hall–Kier alpha value is -0.610. The van der Waals surface area contributed by atoms with E-state index in [1.807, 2.05) is 4.57 Å². The van der Waals surface area contributed by atoms with Crippen molar-refractivity contribution in [2.24, 2.45) is 5.41 Å². The average molecular weight is 216 g/mol. The number of halogens is 1. The predicted molar refractivity (Wildman–Crippen MR) is 53.3 cm³/mol. The Balaban J connectivity index is 2.21. The maximum Gasteiger partial charge on any atom is 0.225 e. The summed E-state index contributed by atoms with van der Waals surface area (Å²) in [5.41, 5.74) is 0.0980. The molecule has 1 heterocycles. The first-order valence-electron chi connectivity index (χ1n) is 4.65. The van der Waals surface area contributed by atoms with Gasteiger partial charge < -0.3 is 9.30 Å². The van der Waals surface area contributed by atoms with E-state index in [-0.39, 0.29) is 5.41 Å². The number of aromatic nitrogens is 3. The molecular weight excluding hydrogens is 202 g/mol. The van der Waals surface area contributed by atoms with Gasteiger partial charge in [0.05, 0.1) is 6.10 Å². The molecular formula is C9H14ClN3O. The first kappa shape index (κ1) is 9.93. The second-order valence-electron chi connectivity index (χ2n) is 4.30. The van der Waals surface area contributed by atoms with Gasteiger partial charge in [-0.2, -0.15) is 0 Å². The van der Waals surface area contributed by atoms with Crippen molar-refractivity contribution in [3.05, 3.63) is 11.6 Å². The normalized spacial score (nSPS) is 30.0. The quantitative estimate of drug-likeness (QED) is 0.757. The zero-order valence-corrected chi connectivity index (χ0v) is 9.32. The SMILES string of the molecule is COC1CC(n2cnnc2Cl)C1(C)C. The van der Waals surface area contributed by atoms with E-state index in [2.05, 4.69) is 24.0 Å². The lowest BCUT2D eigenvalue weighted by atomic mass is 9.64. The monoisotopic (exact) mass is 215 g/mol. The van der Waals surface area contributed by atoms with Crippen LogP contribution in [0, 0.1) is 5.41 Å². The van der Waals surface area contributed by atoms with E-state index in [4.69, 9.17) is 16.3 Å². The van der Waals surface area contributed by atoms with Gasteiger partial charge in [0.25, 0.3) is 0 Å². The number of methoxy groups -OCH3 is 1. The summed E-state index contributed by atoms with van der Waals surface area (Å²) < 4.78 is 7.29. The van der Waals surface area contributed by atoms with Crippen LogP contribution in [0.5, 0.6) is 0 Å². The van der Waals surface area contributed by atoms with Gasteiger partial charge in [0.2, 0.25) is 5.28 Å². The van der Waals surface area contributed by atoms with Crippen molar-refractivity contribution < 1.29 is 4.74 Å². The van der Waals surface area contributed by atoms with Crippen LogP contribution in [0.2, 0.25) is 5.28 Å². The number of nitrogens with zero attached hydrogens (tertiary/aromatic N) is 3. The zero-order chi connectivity index (χ0) is 10.3. The summed E-state index contributed by atoms with van der Waals surface area (Å²) in [6.45, 7) is 4.34. The Bertz CT molecular complexity index is 337. The minimum absolute atomic E-state index is 0.0980. The van der Waals surface area contributed by atoms with Gasteiger partial charge in [-0.3, -0.25) is 0 Å². The molecule has 14 heavy (non-hydrogen) atoms. The first-order chi connectivity index (χ1) is 6.57. The molecule has 1 aromatic heterocycles. The summed E-state index contributed by atoms with van der Waals surface area (Å²) in [4.78, 5) is 0. The van der Waals surface area contributed by atoms with E-state index in [0.29, 0.717) is 17.4 Å². The molecule has 0 aromatic carbocycles. The molecule has 1 fully saturated rings. The molecule has 0 radical (unpaired) electrons. The molecule has 2 unspecified atom stereocenters. The number of hydrogen-bond donors (Lipinski definition) is 0. The van der Waals surface area contributed by atoms with Gasteiger partial charge in [0.1, 0.15) is 6.33 Å². The lowest BCUT2D eigenvalue weighted by molar-refractivity contribution is -0.112. The largest absolute Gasteiger partial charge is 0.381 e. The van der Waals surface area contributed by atoms with Gasteiger partial charge in [0, 0.05) is 18.6 Å². The third-order valence-corrected chi connectivity index (χ3v) is 3.55. The average Bonchev–Trinajstić information content (AvgIpc) is 2.51. The molecule has 1 saturated carbocycles. The molecule has 0 saturated heterocycles. The fraction of sp³-hybridized carbons (Fsp3) is 0.778. The van der Waals surface area contributed by atoms with Crippen molar-refractivity contribution in [2.75, 3.05) is 7.11 Å². The predicted octanol–water partition coefficient (Wildman–Crippen LogP) is 1.92. The van der Waals surface area contributed by atoms with Gasteiger partial charge in [0.15, 0.2) is 0 Å². The van der Waals surface area contributed by atoms with Crippen molar-refractivity contribution in [1.29, 1.82) is 0 Å². The highest BCUT2D eigenvalue weighted by Gasteiger charge is 2.50. The van der Waals surface area contributed by atoms with Crippen LogP contribution in [-0.2, 0) is 4.74 Å². The molecule has 2 atom stereocenters. The van der Waals surface area contributed by atoms with Crippen LogP contribution in [0.25, 0.3) is 0 Å². The standard InChI is InChI=1S/C9H14ClN3O/c1-9(2)6(4-7(9)14-3)13-5-11-12-8(13)10/h5-7H,4H2,1-3H3. The second kappa shape index (κ2) is 3.21. The third-order valence-electron chi connectivity index (χ3n) is 3.28. The van der Waals surface area contributed by atoms with E-state index < -0.39 is 0 Å². The van der Waals surface area contributed by atoms with E-state index in [0.717, 1.165) is 6.42 Å². The minimum atomic E-state index is 0.0980. The number of rotatable bonds is 2. The summed E-state index contributed by atoms with van der Waals surface area (Å²) in [6, 6.07) is 0.343. The van der Waals surface area contributed by atoms with Crippen LogP contribution in [0.4, 0.5) is 0 Å². The Morgan fingerprint density at radius 2 is 2.36 bits per heavy atom. The molecule has 1 aliphatic rings. The Kier molecular flexibility index (Phi) is 2.27. The van der Waals surface area contributed by atoms with Crippen LogP contribution in [0.1, 0.15) is 26.3 Å². The third kappa shape index (κ3) is 1.25.